The molecule has 13 heavy (non-hydrogen) atoms. The second-order valence-electron chi connectivity index (χ2n) is 3.22. The van der Waals surface area contributed by atoms with E-state index < -0.39 is 10.8 Å². The average molecular weight is 206 g/mol. The van der Waals surface area contributed by atoms with Gasteiger partial charge in [-0.25, -0.2) is 0 Å². The van der Waals surface area contributed by atoms with Gasteiger partial charge in [-0.2, -0.15) is 0 Å². The third-order valence-corrected chi connectivity index (χ3v) is 2.67. The highest BCUT2D eigenvalue weighted by Crippen LogP contribution is 1.98. The third-order valence-electron chi connectivity index (χ3n) is 1.89. The van der Waals surface area contributed by atoms with Crippen LogP contribution in [0, 0.1) is 5.92 Å². The van der Waals surface area contributed by atoms with E-state index in [4.69, 9.17) is 5.73 Å². The number of nitrogens with two attached hydrogens (primary N) is 1. The van der Waals surface area contributed by atoms with E-state index in [-0.39, 0.29) is 17.9 Å². The standard InChI is InChI=1S/C8H18N2O2S/c1-6(7(2)9)8(11)10-4-5-13(3)12/h6-7H,4-5,9H2,1-3H3,(H,10,11). The van der Waals surface area contributed by atoms with Crippen LogP contribution in [0.5, 0.6) is 0 Å². The van der Waals surface area contributed by atoms with E-state index in [1.165, 1.54) is 0 Å². The normalized spacial score (nSPS) is 17.5. The van der Waals surface area contributed by atoms with Crippen LogP contribution in [0.4, 0.5) is 0 Å². The Bertz CT molecular complexity index is 195. The molecule has 0 aliphatic rings. The second kappa shape index (κ2) is 6.10. The Morgan fingerprint density at radius 3 is 2.46 bits per heavy atom. The summed E-state index contributed by atoms with van der Waals surface area (Å²) in [6.45, 7) is 4.03. The summed E-state index contributed by atoms with van der Waals surface area (Å²) < 4.78 is 10.7. The molecule has 0 saturated carbocycles. The summed E-state index contributed by atoms with van der Waals surface area (Å²) in [4.78, 5) is 11.3. The predicted molar refractivity (Wildman–Crippen MR) is 54.8 cm³/mol. The van der Waals surface area contributed by atoms with E-state index in [2.05, 4.69) is 5.32 Å². The van der Waals surface area contributed by atoms with Crippen molar-refractivity contribution < 1.29 is 9.00 Å². The van der Waals surface area contributed by atoms with Crippen LogP contribution in [-0.4, -0.2) is 34.7 Å². The summed E-state index contributed by atoms with van der Waals surface area (Å²) >= 11 is 0. The van der Waals surface area contributed by atoms with Crippen molar-refractivity contribution in [3.8, 4) is 0 Å². The average Bonchev–Trinajstić information content (AvgIpc) is 2.02. The Morgan fingerprint density at radius 1 is 1.54 bits per heavy atom. The maximum Gasteiger partial charge on any atom is 0.224 e. The lowest BCUT2D eigenvalue weighted by Gasteiger charge is -2.14. The number of nitrogens with one attached hydrogen (secondary N) is 1. The fraction of sp³-hybridized carbons (Fsp3) is 0.875. The molecule has 0 rings (SSSR count). The fourth-order valence-corrected chi connectivity index (χ4v) is 1.11. The molecule has 0 aromatic carbocycles. The van der Waals surface area contributed by atoms with Crippen molar-refractivity contribution in [3.63, 3.8) is 0 Å². The van der Waals surface area contributed by atoms with Gasteiger partial charge in [-0.3, -0.25) is 9.00 Å². The van der Waals surface area contributed by atoms with Crippen molar-refractivity contribution >= 4 is 16.7 Å². The minimum absolute atomic E-state index is 0.0690. The smallest absolute Gasteiger partial charge is 0.224 e. The van der Waals surface area contributed by atoms with Crippen LogP contribution >= 0.6 is 0 Å². The number of carbonyl (C=O) groups is 1. The molecule has 0 aromatic rings. The first kappa shape index (κ1) is 12.6. The van der Waals surface area contributed by atoms with E-state index >= 15 is 0 Å². The van der Waals surface area contributed by atoms with Crippen molar-refractivity contribution in [2.45, 2.75) is 19.9 Å². The molecule has 5 heteroatoms. The highest BCUT2D eigenvalue weighted by Gasteiger charge is 2.15. The SMILES string of the molecule is CC(N)C(C)C(=O)NCCS(C)=O. The number of rotatable bonds is 5. The quantitative estimate of drug-likeness (QED) is 0.635. The molecule has 0 fully saturated rings. The van der Waals surface area contributed by atoms with Crippen LogP contribution in [0.1, 0.15) is 13.8 Å². The van der Waals surface area contributed by atoms with Gasteiger partial charge in [0, 0.05) is 41.3 Å². The number of hydrogen-bond donors (Lipinski definition) is 2. The number of amides is 1. The lowest BCUT2D eigenvalue weighted by molar-refractivity contribution is -0.124. The van der Waals surface area contributed by atoms with Gasteiger partial charge in [-0.05, 0) is 6.92 Å². The van der Waals surface area contributed by atoms with Gasteiger partial charge in [-0.15, -0.1) is 0 Å². The third kappa shape index (κ3) is 5.76. The highest BCUT2D eigenvalue weighted by molar-refractivity contribution is 7.84. The zero-order valence-corrected chi connectivity index (χ0v) is 9.19. The van der Waals surface area contributed by atoms with Crippen LogP contribution in [0.3, 0.4) is 0 Å². The van der Waals surface area contributed by atoms with Gasteiger partial charge in [0.15, 0.2) is 0 Å². The van der Waals surface area contributed by atoms with Gasteiger partial charge < -0.3 is 11.1 Å². The highest BCUT2D eigenvalue weighted by atomic mass is 32.2. The van der Waals surface area contributed by atoms with Gasteiger partial charge in [0.2, 0.25) is 5.91 Å². The largest absolute Gasteiger partial charge is 0.355 e. The number of hydrogen-bond acceptors (Lipinski definition) is 3. The van der Waals surface area contributed by atoms with Gasteiger partial charge in [0.05, 0.1) is 0 Å². The Morgan fingerprint density at radius 2 is 2.08 bits per heavy atom. The van der Waals surface area contributed by atoms with E-state index in [0.717, 1.165) is 0 Å². The Labute approximate surface area is 81.7 Å². The lowest BCUT2D eigenvalue weighted by atomic mass is 10.0. The zero-order valence-electron chi connectivity index (χ0n) is 8.37. The van der Waals surface area contributed by atoms with E-state index in [1.54, 1.807) is 20.1 Å². The van der Waals surface area contributed by atoms with Crippen molar-refractivity contribution in [2.75, 3.05) is 18.6 Å². The molecule has 78 valence electrons. The molecule has 0 aromatic heterocycles. The number of carbonyl (C=O) groups excluding carboxylic acids is 1. The molecule has 3 unspecified atom stereocenters. The topological polar surface area (TPSA) is 72.2 Å². The Balaban J connectivity index is 3.68. The summed E-state index contributed by atoms with van der Waals surface area (Å²) in [6, 6.07) is -0.146. The molecular weight excluding hydrogens is 188 g/mol. The summed E-state index contributed by atoms with van der Waals surface area (Å²) in [6.07, 6.45) is 1.61. The molecule has 0 radical (unpaired) electrons. The maximum absolute atomic E-state index is 11.3. The molecule has 0 heterocycles. The molecule has 0 bridgehead atoms. The van der Waals surface area contributed by atoms with Crippen molar-refractivity contribution in [1.29, 1.82) is 0 Å². The van der Waals surface area contributed by atoms with Crippen LogP contribution < -0.4 is 11.1 Å². The molecule has 3 atom stereocenters. The lowest BCUT2D eigenvalue weighted by Crippen LogP contribution is -2.39. The first-order valence-corrected chi connectivity index (χ1v) is 6.01. The van der Waals surface area contributed by atoms with Crippen LogP contribution in [-0.2, 0) is 15.6 Å². The zero-order chi connectivity index (χ0) is 10.4. The second-order valence-corrected chi connectivity index (χ2v) is 4.77. The maximum atomic E-state index is 11.3. The van der Waals surface area contributed by atoms with Crippen LogP contribution in [0.25, 0.3) is 0 Å². The van der Waals surface area contributed by atoms with E-state index in [1.807, 2.05) is 0 Å². The molecule has 0 saturated heterocycles. The van der Waals surface area contributed by atoms with E-state index in [0.29, 0.717) is 12.3 Å². The van der Waals surface area contributed by atoms with Crippen molar-refractivity contribution in [3.05, 3.63) is 0 Å². The molecule has 1 amide bonds. The molecule has 0 aliphatic heterocycles. The Kier molecular flexibility index (Phi) is 5.90. The van der Waals surface area contributed by atoms with Gasteiger partial charge in [0.1, 0.15) is 0 Å². The Hall–Kier alpha value is -0.420. The molecule has 0 aliphatic carbocycles. The van der Waals surface area contributed by atoms with Gasteiger partial charge >= 0.3 is 0 Å². The van der Waals surface area contributed by atoms with E-state index in [9.17, 15) is 9.00 Å². The van der Waals surface area contributed by atoms with Gasteiger partial charge in [-0.1, -0.05) is 6.92 Å². The minimum Gasteiger partial charge on any atom is -0.355 e. The first-order chi connectivity index (χ1) is 5.95. The molecule has 4 nitrogen and oxygen atoms in total. The summed E-state index contributed by atoms with van der Waals surface area (Å²) in [5, 5.41) is 2.68. The summed E-state index contributed by atoms with van der Waals surface area (Å²) in [7, 11) is -0.852. The summed E-state index contributed by atoms with van der Waals surface area (Å²) in [5.41, 5.74) is 5.55. The van der Waals surface area contributed by atoms with Crippen molar-refractivity contribution in [1.82, 2.24) is 5.32 Å². The molecular formula is C8H18N2O2S. The first-order valence-electron chi connectivity index (χ1n) is 4.28. The summed E-state index contributed by atoms with van der Waals surface area (Å²) in [5.74, 6) is 0.239. The monoisotopic (exact) mass is 206 g/mol. The molecule has 0 spiro atoms. The minimum atomic E-state index is -0.852. The van der Waals surface area contributed by atoms with Gasteiger partial charge in [0.25, 0.3) is 0 Å². The van der Waals surface area contributed by atoms with Crippen LogP contribution in [0.2, 0.25) is 0 Å². The van der Waals surface area contributed by atoms with Crippen molar-refractivity contribution in [2.24, 2.45) is 11.7 Å². The fourth-order valence-electron chi connectivity index (χ4n) is 0.718. The predicted octanol–water partition coefficient (Wildman–Crippen LogP) is -0.536. The van der Waals surface area contributed by atoms with Crippen LogP contribution in [0.15, 0.2) is 0 Å². The molecule has 3 N–H and O–H groups in total.